The van der Waals surface area contributed by atoms with Crippen molar-refractivity contribution in [1.29, 1.82) is 0 Å². The number of nitrogens with two attached hydrogens (primary N) is 1. The second-order valence-electron chi connectivity index (χ2n) is 5.78. The first-order valence-corrected chi connectivity index (χ1v) is 5.62. The zero-order valence-electron chi connectivity index (χ0n) is 10.6. The van der Waals surface area contributed by atoms with Crippen LogP contribution in [0.1, 0.15) is 33.3 Å². The highest BCUT2D eigenvalue weighted by molar-refractivity contribution is 5.49. The molecule has 1 aliphatic rings. The van der Waals surface area contributed by atoms with Crippen LogP contribution in [0.15, 0.2) is 6.20 Å². The Bertz CT molecular complexity index is 409. The van der Waals surface area contributed by atoms with Crippen LogP contribution in [-0.4, -0.2) is 16.0 Å². The fraction of sp³-hybridized carbons (Fsp3) is 0.667. The molecule has 88 valence electrons. The van der Waals surface area contributed by atoms with Crippen LogP contribution in [0.5, 0.6) is 0 Å². The largest absolute Gasteiger partial charge is 0.368 e. The highest BCUT2D eigenvalue weighted by Crippen LogP contribution is 2.63. The lowest BCUT2D eigenvalue weighted by Crippen LogP contribution is -2.13. The van der Waals surface area contributed by atoms with Crippen LogP contribution >= 0.6 is 0 Å². The summed E-state index contributed by atoms with van der Waals surface area (Å²) in [5.41, 5.74) is 7.21. The summed E-state index contributed by atoms with van der Waals surface area (Å²) in [6, 6.07) is 0.438. The number of hydrogen-bond acceptors (Lipinski definition) is 4. The molecular formula is C12H20N4. The molecule has 1 aromatic rings. The first-order chi connectivity index (χ1) is 7.26. The number of anilines is 2. The number of nitrogen functional groups attached to an aromatic ring is 1. The summed E-state index contributed by atoms with van der Waals surface area (Å²) in [4.78, 5) is 8.21. The molecule has 0 bridgehead atoms. The van der Waals surface area contributed by atoms with E-state index in [1.165, 1.54) is 0 Å². The number of nitrogens with one attached hydrogen (secondary N) is 1. The Hall–Kier alpha value is -1.32. The van der Waals surface area contributed by atoms with Crippen molar-refractivity contribution in [2.45, 2.75) is 40.7 Å². The predicted molar refractivity (Wildman–Crippen MR) is 66.2 cm³/mol. The Morgan fingerprint density at radius 2 is 1.81 bits per heavy atom. The predicted octanol–water partition coefficient (Wildman–Crippen LogP) is 2.21. The molecule has 0 aliphatic heterocycles. The Labute approximate surface area is 96.7 Å². The van der Waals surface area contributed by atoms with Crippen molar-refractivity contribution in [2.75, 3.05) is 11.1 Å². The van der Waals surface area contributed by atoms with E-state index in [4.69, 9.17) is 5.73 Å². The minimum atomic E-state index is 0.291. The molecule has 0 unspecified atom stereocenters. The normalized spacial score (nSPS) is 21.8. The van der Waals surface area contributed by atoms with Gasteiger partial charge in [0.15, 0.2) is 0 Å². The van der Waals surface area contributed by atoms with Gasteiger partial charge in [-0.25, -0.2) is 4.98 Å². The third-order valence-electron chi connectivity index (χ3n) is 4.29. The van der Waals surface area contributed by atoms with Crippen molar-refractivity contribution in [3.63, 3.8) is 0 Å². The number of aryl methyl sites for hydroxylation is 1. The van der Waals surface area contributed by atoms with Gasteiger partial charge in [-0.2, -0.15) is 4.98 Å². The highest BCUT2D eigenvalue weighted by atomic mass is 15.1. The Morgan fingerprint density at radius 3 is 2.31 bits per heavy atom. The van der Waals surface area contributed by atoms with Gasteiger partial charge in [0.1, 0.15) is 5.82 Å². The maximum Gasteiger partial charge on any atom is 0.221 e. The minimum absolute atomic E-state index is 0.291. The molecule has 16 heavy (non-hydrogen) atoms. The van der Waals surface area contributed by atoms with Gasteiger partial charge >= 0.3 is 0 Å². The molecule has 4 heteroatoms. The first-order valence-electron chi connectivity index (χ1n) is 5.62. The van der Waals surface area contributed by atoms with E-state index in [2.05, 4.69) is 43.0 Å². The SMILES string of the molecule is Cc1cnc(N)nc1NC1C(C)(C)C1(C)C. The van der Waals surface area contributed by atoms with Gasteiger partial charge in [0.05, 0.1) is 0 Å². The summed E-state index contributed by atoms with van der Waals surface area (Å²) >= 11 is 0. The van der Waals surface area contributed by atoms with Gasteiger partial charge in [-0.05, 0) is 17.8 Å². The molecule has 1 fully saturated rings. The van der Waals surface area contributed by atoms with Crippen molar-refractivity contribution in [2.24, 2.45) is 10.8 Å². The van der Waals surface area contributed by atoms with Crippen LogP contribution in [0.4, 0.5) is 11.8 Å². The lowest BCUT2D eigenvalue weighted by molar-refractivity contribution is 0.457. The van der Waals surface area contributed by atoms with Crippen molar-refractivity contribution in [1.82, 2.24) is 9.97 Å². The minimum Gasteiger partial charge on any atom is -0.368 e. The van der Waals surface area contributed by atoms with Gasteiger partial charge < -0.3 is 11.1 Å². The second-order valence-corrected chi connectivity index (χ2v) is 5.78. The monoisotopic (exact) mass is 220 g/mol. The zero-order valence-corrected chi connectivity index (χ0v) is 10.6. The van der Waals surface area contributed by atoms with Crippen LogP contribution in [0.25, 0.3) is 0 Å². The Morgan fingerprint density at radius 1 is 1.25 bits per heavy atom. The quantitative estimate of drug-likeness (QED) is 0.802. The lowest BCUT2D eigenvalue weighted by atomic mass is 10.0. The van der Waals surface area contributed by atoms with Gasteiger partial charge in [0, 0.05) is 17.8 Å². The van der Waals surface area contributed by atoms with Gasteiger partial charge in [-0.15, -0.1) is 0 Å². The molecule has 1 heterocycles. The lowest BCUT2D eigenvalue weighted by Gasteiger charge is -2.10. The molecule has 1 aromatic heterocycles. The number of aromatic nitrogens is 2. The molecule has 2 rings (SSSR count). The van der Waals surface area contributed by atoms with Gasteiger partial charge in [0.2, 0.25) is 5.95 Å². The number of nitrogens with zero attached hydrogens (tertiary/aromatic N) is 2. The van der Waals surface area contributed by atoms with E-state index in [1.54, 1.807) is 6.20 Å². The van der Waals surface area contributed by atoms with Crippen molar-refractivity contribution in [3.05, 3.63) is 11.8 Å². The summed E-state index contributed by atoms with van der Waals surface area (Å²) in [5.74, 6) is 1.18. The molecule has 0 spiro atoms. The molecular weight excluding hydrogens is 200 g/mol. The van der Waals surface area contributed by atoms with E-state index in [0.29, 0.717) is 22.8 Å². The third kappa shape index (κ3) is 1.44. The molecule has 1 aliphatic carbocycles. The molecule has 0 radical (unpaired) electrons. The summed E-state index contributed by atoms with van der Waals surface area (Å²) in [6.07, 6.45) is 1.76. The Kier molecular flexibility index (Phi) is 2.16. The smallest absolute Gasteiger partial charge is 0.221 e. The van der Waals surface area contributed by atoms with Crippen LogP contribution in [0.3, 0.4) is 0 Å². The van der Waals surface area contributed by atoms with E-state index >= 15 is 0 Å². The van der Waals surface area contributed by atoms with E-state index < -0.39 is 0 Å². The van der Waals surface area contributed by atoms with Crippen molar-refractivity contribution >= 4 is 11.8 Å². The van der Waals surface area contributed by atoms with E-state index in [-0.39, 0.29) is 0 Å². The van der Waals surface area contributed by atoms with Crippen LogP contribution in [-0.2, 0) is 0 Å². The molecule has 4 nitrogen and oxygen atoms in total. The van der Waals surface area contributed by atoms with Crippen LogP contribution in [0, 0.1) is 17.8 Å². The first kappa shape index (κ1) is 11.2. The van der Waals surface area contributed by atoms with Gasteiger partial charge in [-0.3, -0.25) is 0 Å². The molecule has 3 N–H and O–H groups in total. The van der Waals surface area contributed by atoms with Gasteiger partial charge in [0.25, 0.3) is 0 Å². The van der Waals surface area contributed by atoms with Crippen molar-refractivity contribution < 1.29 is 0 Å². The maximum absolute atomic E-state index is 5.60. The van der Waals surface area contributed by atoms with E-state index in [1.807, 2.05) is 6.92 Å². The summed E-state index contributed by atoms with van der Waals surface area (Å²) in [7, 11) is 0. The highest BCUT2D eigenvalue weighted by Gasteiger charge is 2.65. The number of rotatable bonds is 2. The average molecular weight is 220 g/mol. The fourth-order valence-corrected chi connectivity index (χ4v) is 2.30. The molecule has 1 saturated carbocycles. The summed E-state index contributed by atoms with van der Waals surface area (Å²) in [6.45, 7) is 11.1. The second kappa shape index (κ2) is 3.09. The topological polar surface area (TPSA) is 63.8 Å². The van der Waals surface area contributed by atoms with E-state index in [0.717, 1.165) is 11.4 Å². The fourth-order valence-electron chi connectivity index (χ4n) is 2.30. The molecule has 0 atom stereocenters. The maximum atomic E-state index is 5.60. The Balaban J connectivity index is 2.21. The average Bonchev–Trinajstić information content (AvgIpc) is 2.54. The molecule has 0 aromatic carbocycles. The van der Waals surface area contributed by atoms with E-state index in [9.17, 15) is 0 Å². The van der Waals surface area contributed by atoms with Crippen LogP contribution < -0.4 is 11.1 Å². The number of hydrogen-bond donors (Lipinski definition) is 2. The van der Waals surface area contributed by atoms with Crippen LogP contribution in [0.2, 0.25) is 0 Å². The molecule has 0 saturated heterocycles. The molecule has 0 amide bonds. The summed E-state index contributed by atoms with van der Waals surface area (Å²) in [5, 5.41) is 3.47. The van der Waals surface area contributed by atoms with Crippen molar-refractivity contribution in [3.8, 4) is 0 Å². The summed E-state index contributed by atoms with van der Waals surface area (Å²) < 4.78 is 0. The third-order valence-corrected chi connectivity index (χ3v) is 4.29. The zero-order chi connectivity index (χ0) is 12.1. The van der Waals surface area contributed by atoms with Gasteiger partial charge in [-0.1, -0.05) is 27.7 Å². The standard InChI is InChI=1S/C12H20N4/c1-7-6-14-10(13)16-8(7)15-9-11(2,3)12(9,4)5/h6,9H,1-5H3,(H3,13,14,15,16).